The van der Waals surface area contributed by atoms with Crippen molar-refractivity contribution in [2.45, 2.75) is 6.42 Å². The Morgan fingerprint density at radius 3 is 2.73 bits per heavy atom. The van der Waals surface area contributed by atoms with Crippen LogP contribution in [0.5, 0.6) is 17.2 Å². The maximum absolute atomic E-state index is 12.0. The number of benzene rings is 1. The lowest BCUT2D eigenvalue weighted by molar-refractivity contribution is -0.139. The first kappa shape index (κ1) is 15.6. The normalized spacial score (nSPS) is 14.5. The van der Waals surface area contributed by atoms with Crippen LogP contribution < -0.4 is 9.47 Å². The molecule has 22 heavy (non-hydrogen) atoms. The molecule has 1 aromatic rings. The smallest absolute Gasteiger partial charge is 0.253 e. The van der Waals surface area contributed by atoms with Gasteiger partial charge in [-0.05, 0) is 36.3 Å². The molecular weight excluding hydrogens is 286 g/mol. The summed E-state index contributed by atoms with van der Waals surface area (Å²) in [5.74, 6) is -0.237. The predicted molar refractivity (Wildman–Crippen MR) is 80.7 cm³/mol. The average molecular weight is 303 g/mol. The fourth-order valence-corrected chi connectivity index (χ4v) is 2.13. The fourth-order valence-electron chi connectivity index (χ4n) is 2.13. The summed E-state index contributed by atoms with van der Waals surface area (Å²) in [6.45, 7) is 0.371. The maximum atomic E-state index is 12.0. The molecule has 0 unspecified atom stereocenters. The van der Waals surface area contributed by atoms with E-state index >= 15 is 0 Å². The predicted octanol–water partition coefficient (Wildman–Crippen LogP) is 1.74. The quantitative estimate of drug-likeness (QED) is 0.857. The first-order valence-corrected chi connectivity index (χ1v) is 6.72. The topological polar surface area (TPSA) is 76.1 Å². The molecule has 2 rings (SSSR count). The van der Waals surface area contributed by atoms with Gasteiger partial charge in [0.2, 0.25) is 5.75 Å². The first-order valence-electron chi connectivity index (χ1n) is 6.72. The van der Waals surface area contributed by atoms with Gasteiger partial charge in [0.15, 0.2) is 11.5 Å². The van der Waals surface area contributed by atoms with Gasteiger partial charge in [0, 0.05) is 12.6 Å². The summed E-state index contributed by atoms with van der Waals surface area (Å²) >= 11 is 0. The van der Waals surface area contributed by atoms with Crippen LogP contribution in [-0.2, 0) is 9.59 Å². The Morgan fingerprint density at radius 1 is 1.32 bits per heavy atom. The van der Waals surface area contributed by atoms with Crippen LogP contribution in [0.15, 0.2) is 30.4 Å². The van der Waals surface area contributed by atoms with E-state index in [1.165, 1.54) is 38.5 Å². The third kappa shape index (κ3) is 3.28. The number of carbonyl (C=O) groups excluding carboxylic acids is 2. The van der Waals surface area contributed by atoms with E-state index < -0.39 is 5.91 Å². The summed E-state index contributed by atoms with van der Waals surface area (Å²) in [4.78, 5) is 24.8. The second kappa shape index (κ2) is 6.80. The van der Waals surface area contributed by atoms with Gasteiger partial charge >= 0.3 is 0 Å². The van der Waals surface area contributed by atoms with Crippen LogP contribution in [0.3, 0.4) is 0 Å². The monoisotopic (exact) mass is 303 g/mol. The van der Waals surface area contributed by atoms with E-state index in [-0.39, 0.29) is 17.4 Å². The number of ether oxygens (including phenoxy) is 2. The average Bonchev–Trinajstić information content (AvgIpc) is 2.52. The molecule has 0 spiro atoms. The Kier molecular flexibility index (Phi) is 4.83. The molecule has 0 radical (unpaired) electrons. The van der Waals surface area contributed by atoms with E-state index in [9.17, 15) is 14.7 Å². The number of amides is 2. The first-order chi connectivity index (χ1) is 10.6. The molecule has 6 nitrogen and oxygen atoms in total. The Bertz CT molecular complexity index is 648. The number of phenolic OH excluding ortho intramolecular Hbond substituents is 1. The molecule has 0 aromatic heterocycles. The van der Waals surface area contributed by atoms with E-state index in [1.54, 1.807) is 12.1 Å². The highest BCUT2D eigenvalue weighted by Crippen LogP contribution is 2.37. The van der Waals surface area contributed by atoms with Gasteiger partial charge in [-0.15, -0.1) is 0 Å². The lowest BCUT2D eigenvalue weighted by atomic mass is 10.1. The van der Waals surface area contributed by atoms with Crippen molar-refractivity contribution < 1.29 is 24.2 Å². The minimum absolute atomic E-state index is 0.0917. The van der Waals surface area contributed by atoms with E-state index in [1.807, 2.05) is 0 Å². The molecular formula is C16H17NO5. The van der Waals surface area contributed by atoms with Crippen LogP contribution >= 0.6 is 0 Å². The van der Waals surface area contributed by atoms with Gasteiger partial charge in [-0.2, -0.15) is 0 Å². The number of aromatic hydroxyl groups is 1. The summed E-state index contributed by atoms with van der Waals surface area (Å²) in [5, 5.41) is 9.86. The molecule has 6 heteroatoms. The minimum atomic E-state index is -0.399. The van der Waals surface area contributed by atoms with Crippen molar-refractivity contribution in [2.75, 3.05) is 20.8 Å². The zero-order valence-electron chi connectivity index (χ0n) is 12.4. The number of hydrogen-bond donors (Lipinski definition) is 1. The molecule has 0 fully saturated rings. The molecule has 0 saturated heterocycles. The van der Waals surface area contributed by atoms with Crippen LogP contribution in [0.1, 0.15) is 12.0 Å². The zero-order valence-corrected chi connectivity index (χ0v) is 12.4. The fraction of sp³-hybridized carbons (Fsp3) is 0.250. The van der Waals surface area contributed by atoms with Crippen LogP contribution in [0.25, 0.3) is 6.08 Å². The van der Waals surface area contributed by atoms with E-state index in [0.717, 1.165) is 4.90 Å². The molecule has 0 atom stereocenters. The lowest BCUT2D eigenvalue weighted by Gasteiger charge is -2.19. The Labute approximate surface area is 128 Å². The molecule has 116 valence electrons. The largest absolute Gasteiger partial charge is 0.504 e. The van der Waals surface area contributed by atoms with Crippen LogP contribution in [0, 0.1) is 0 Å². The van der Waals surface area contributed by atoms with Crippen molar-refractivity contribution in [3.63, 3.8) is 0 Å². The third-order valence-electron chi connectivity index (χ3n) is 3.21. The van der Waals surface area contributed by atoms with E-state index in [2.05, 4.69) is 0 Å². The number of methoxy groups -OCH3 is 2. The number of rotatable bonds is 4. The van der Waals surface area contributed by atoms with Gasteiger partial charge in [0.25, 0.3) is 11.8 Å². The minimum Gasteiger partial charge on any atom is -0.504 e. The molecule has 0 aliphatic carbocycles. The number of hydrogen-bond acceptors (Lipinski definition) is 5. The standard InChI is InChI=1S/C16H17NO5/c1-21-13-10-11(9-12(18)16(13)22-2)6-7-15(20)17-8-4-3-5-14(17)19/h3,5-7,9-10,18H,4,8H2,1-2H3/b7-6+. The van der Waals surface area contributed by atoms with Gasteiger partial charge in [-0.3, -0.25) is 14.5 Å². The highest BCUT2D eigenvalue weighted by Gasteiger charge is 2.19. The molecule has 1 aliphatic rings. The van der Waals surface area contributed by atoms with Crippen LogP contribution in [0.4, 0.5) is 0 Å². The van der Waals surface area contributed by atoms with E-state index in [0.29, 0.717) is 24.3 Å². The highest BCUT2D eigenvalue weighted by atomic mass is 16.5. The third-order valence-corrected chi connectivity index (χ3v) is 3.21. The van der Waals surface area contributed by atoms with Crippen molar-refractivity contribution in [1.82, 2.24) is 4.90 Å². The highest BCUT2D eigenvalue weighted by molar-refractivity contribution is 6.06. The number of carbonyl (C=O) groups is 2. The maximum Gasteiger partial charge on any atom is 0.253 e. The summed E-state index contributed by atoms with van der Waals surface area (Å²) < 4.78 is 10.2. The molecule has 1 aromatic carbocycles. The second-order valence-electron chi connectivity index (χ2n) is 4.63. The summed E-state index contributed by atoms with van der Waals surface area (Å²) in [7, 11) is 2.88. The Morgan fingerprint density at radius 2 is 2.09 bits per heavy atom. The van der Waals surface area contributed by atoms with Crippen molar-refractivity contribution in [1.29, 1.82) is 0 Å². The number of nitrogens with zero attached hydrogens (tertiary/aromatic N) is 1. The van der Waals surface area contributed by atoms with Gasteiger partial charge in [0.05, 0.1) is 14.2 Å². The van der Waals surface area contributed by atoms with Gasteiger partial charge < -0.3 is 14.6 Å². The van der Waals surface area contributed by atoms with E-state index in [4.69, 9.17) is 9.47 Å². The molecule has 2 amide bonds. The van der Waals surface area contributed by atoms with Crippen molar-refractivity contribution in [3.05, 3.63) is 35.9 Å². The summed E-state index contributed by atoms with van der Waals surface area (Å²) in [5.41, 5.74) is 0.559. The van der Waals surface area contributed by atoms with Crippen molar-refractivity contribution >= 4 is 17.9 Å². The molecule has 1 N–H and O–H groups in total. The SMILES string of the molecule is COc1cc(/C=C/C(=O)N2CCC=CC2=O)cc(O)c1OC. The van der Waals surface area contributed by atoms with Crippen molar-refractivity contribution in [3.8, 4) is 17.2 Å². The second-order valence-corrected chi connectivity index (χ2v) is 4.63. The van der Waals surface area contributed by atoms with Crippen molar-refractivity contribution in [2.24, 2.45) is 0 Å². The summed E-state index contributed by atoms with van der Waals surface area (Å²) in [6, 6.07) is 3.07. The van der Waals surface area contributed by atoms with Gasteiger partial charge in [-0.1, -0.05) is 6.08 Å². The van der Waals surface area contributed by atoms with Gasteiger partial charge in [0.1, 0.15) is 0 Å². The number of imide groups is 1. The molecule has 1 aliphatic heterocycles. The summed E-state index contributed by atoms with van der Waals surface area (Å²) in [6.07, 6.45) is 6.58. The molecule has 0 saturated carbocycles. The molecule has 1 heterocycles. The van der Waals surface area contributed by atoms with Crippen LogP contribution in [-0.4, -0.2) is 42.6 Å². The Hall–Kier alpha value is -2.76. The van der Waals surface area contributed by atoms with Crippen LogP contribution in [0.2, 0.25) is 0 Å². The Balaban J connectivity index is 2.19. The molecule has 0 bridgehead atoms. The number of phenols is 1. The van der Waals surface area contributed by atoms with Gasteiger partial charge in [-0.25, -0.2) is 0 Å². The zero-order chi connectivity index (χ0) is 16.1. The lowest BCUT2D eigenvalue weighted by Crippen LogP contribution is -2.37.